The summed E-state index contributed by atoms with van der Waals surface area (Å²) in [5.74, 6) is -1.49. The van der Waals surface area contributed by atoms with E-state index in [9.17, 15) is 14.4 Å². The van der Waals surface area contributed by atoms with Gasteiger partial charge in [-0.05, 0) is 29.6 Å². The number of benzene rings is 1. The van der Waals surface area contributed by atoms with Gasteiger partial charge in [-0.25, -0.2) is 0 Å². The van der Waals surface area contributed by atoms with Crippen LogP contribution in [0.5, 0.6) is 0 Å². The first-order valence-electron chi connectivity index (χ1n) is 6.43. The van der Waals surface area contributed by atoms with Gasteiger partial charge < -0.3 is 10.1 Å². The lowest BCUT2D eigenvalue weighted by atomic mass is 10.1. The molecule has 0 bridgehead atoms. The van der Waals surface area contributed by atoms with Gasteiger partial charge in [0, 0.05) is 5.56 Å². The van der Waals surface area contributed by atoms with Crippen LogP contribution in [-0.2, 0) is 9.53 Å². The minimum Gasteiger partial charge on any atom is -0.456 e. The molecular formula is C15H11Cl2NO4S. The van der Waals surface area contributed by atoms with Gasteiger partial charge >= 0.3 is 5.97 Å². The van der Waals surface area contributed by atoms with Crippen LogP contribution in [0.1, 0.15) is 20.0 Å². The number of carbonyl (C=O) groups excluding carboxylic acids is 3. The summed E-state index contributed by atoms with van der Waals surface area (Å²) in [4.78, 5) is 35.5. The number of nitrogens with one attached hydrogen (secondary N) is 1. The van der Waals surface area contributed by atoms with Crippen LogP contribution in [-0.4, -0.2) is 30.8 Å². The summed E-state index contributed by atoms with van der Waals surface area (Å²) in [7, 11) is 0. The summed E-state index contributed by atoms with van der Waals surface area (Å²) in [6.45, 7) is -0.753. The van der Waals surface area contributed by atoms with E-state index in [1.165, 1.54) is 29.5 Å². The van der Waals surface area contributed by atoms with Crippen LogP contribution in [0.2, 0.25) is 10.0 Å². The second-order valence-corrected chi connectivity index (χ2v) is 6.13. The Bertz CT molecular complexity index is 731. The van der Waals surface area contributed by atoms with Gasteiger partial charge in [0.05, 0.1) is 14.9 Å². The van der Waals surface area contributed by atoms with Crippen LogP contribution in [0.25, 0.3) is 0 Å². The van der Waals surface area contributed by atoms with E-state index in [2.05, 4.69) is 5.32 Å². The van der Waals surface area contributed by atoms with E-state index in [1.807, 2.05) is 0 Å². The van der Waals surface area contributed by atoms with E-state index in [1.54, 1.807) is 17.5 Å². The molecule has 1 aromatic heterocycles. The van der Waals surface area contributed by atoms with Gasteiger partial charge in [0.15, 0.2) is 12.4 Å². The third kappa shape index (κ3) is 5.06. The molecule has 0 fully saturated rings. The predicted molar refractivity (Wildman–Crippen MR) is 88.4 cm³/mol. The van der Waals surface area contributed by atoms with Gasteiger partial charge in [0.1, 0.15) is 6.54 Å². The fourth-order valence-electron chi connectivity index (χ4n) is 1.60. The summed E-state index contributed by atoms with van der Waals surface area (Å²) in [6.07, 6.45) is 0. The van der Waals surface area contributed by atoms with Gasteiger partial charge in [-0.1, -0.05) is 29.3 Å². The molecular weight excluding hydrogens is 361 g/mol. The Kier molecular flexibility index (Phi) is 6.15. The molecule has 5 nitrogen and oxygen atoms in total. The third-order valence-corrected chi connectivity index (χ3v) is 4.35. The van der Waals surface area contributed by atoms with Crippen molar-refractivity contribution in [2.75, 3.05) is 13.2 Å². The molecule has 0 unspecified atom stereocenters. The zero-order valence-electron chi connectivity index (χ0n) is 11.7. The Morgan fingerprint density at radius 1 is 1.13 bits per heavy atom. The zero-order chi connectivity index (χ0) is 16.8. The summed E-state index contributed by atoms with van der Waals surface area (Å²) >= 11 is 12.8. The lowest BCUT2D eigenvalue weighted by Gasteiger charge is -2.06. The summed E-state index contributed by atoms with van der Waals surface area (Å²) in [6, 6.07) is 7.74. The third-order valence-electron chi connectivity index (χ3n) is 2.74. The molecule has 1 amide bonds. The first-order chi connectivity index (χ1) is 11.0. The number of ether oxygens (including phenoxy) is 1. The Hall–Kier alpha value is -1.89. The maximum Gasteiger partial charge on any atom is 0.325 e. The highest BCUT2D eigenvalue weighted by Crippen LogP contribution is 2.22. The van der Waals surface area contributed by atoms with Crippen molar-refractivity contribution < 1.29 is 19.1 Å². The Morgan fingerprint density at radius 2 is 1.91 bits per heavy atom. The smallest absolute Gasteiger partial charge is 0.325 e. The summed E-state index contributed by atoms with van der Waals surface area (Å²) in [5, 5.41) is 4.74. The van der Waals surface area contributed by atoms with Crippen LogP contribution in [0, 0.1) is 0 Å². The minimum absolute atomic E-state index is 0.243. The van der Waals surface area contributed by atoms with Crippen molar-refractivity contribution in [3.05, 3.63) is 56.2 Å². The number of ketones is 1. The van der Waals surface area contributed by atoms with Gasteiger partial charge in [0.2, 0.25) is 0 Å². The molecule has 0 aliphatic carbocycles. The van der Waals surface area contributed by atoms with E-state index in [-0.39, 0.29) is 23.0 Å². The van der Waals surface area contributed by atoms with Crippen LogP contribution in [0.4, 0.5) is 0 Å². The van der Waals surface area contributed by atoms with Crippen LogP contribution in [0.15, 0.2) is 35.7 Å². The minimum atomic E-state index is -0.705. The highest BCUT2D eigenvalue weighted by Gasteiger charge is 2.13. The van der Waals surface area contributed by atoms with Gasteiger partial charge in [-0.15, -0.1) is 11.3 Å². The molecule has 0 saturated carbocycles. The number of halogens is 2. The fourth-order valence-corrected chi connectivity index (χ4v) is 2.54. The molecule has 1 aromatic carbocycles. The summed E-state index contributed by atoms with van der Waals surface area (Å²) < 4.78 is 4.82. The number of Topliss-reactive ketones (excluding diaryl/α,β-unsaturated/α-hetero) is 1. The van der Waals surface area contributed by atoms with E-state index in [0.29, 0.717) is 9.90 Å². The molecule has 8 heteroatoms. The highest BCUT2D eigenvalue weighted by atomic mass is 35.5. The van der Waals surface area contributed by atoms with Gasteiger partial charge in [-0.2, -0.15) is 0 Å². The van der Waals surface area contributed by atoms with Crippen molar-refractivity contribution in [1.82, 2.24) is 5.32 Å². The fraction of sp³-hybridized carbons (Fsp3) is 0.133. The second kappa shape index (κ2) is 8.10. The molecule has 1 N–H and O–H groups in total. The van der Waals surface area contributed by atoms with E-state index in [4.69, 9.17) is 27.9 Å². The maximum absolute atomic E-state index is 11.9. The SMILES string of the molecule is O=C(CNC(=O)c1cccs1)OCC(=O)c1ccc(Cl)c(Cl)c1. The Balaban J connectivity index is 1.78. The summed E-state index contributed by atoms with van der Waals surface area (Å²) in [5.41, 5.74) is 0.287. The molecule has 2 rings (SSSR count). The number of esters is 1. The van der Waals surface area contributed by atoms with Crippen molar-refractivity contribution >= 4 is 52.2 Å². The largest absolute Gasteiger partial charge is 0.456 e. The lowest BCUT2D eigenvalue weighted by Crippen LogP contribution is -2.31. The first kappa shape index (κ1) is 17.5. The van der Waals surface area contributed by atoms with E-state index >= 15 is 0 Å². The molecule has 0 aliphatic heterocycles. The predicted octanol–water partition coefficient (Wildman–Crippen LogP) is 3.21. The van der Waals surface area contributed by atoms with Crippen molar-refractivity contribution in [2.24, 2.45) is 0 Å². The Labute approximate surface area is 146 Å². The first-order valence-corrected chi connectivity index (χ1v) is 8.06. The molecule has 120 valence electrons. The van der Waals surface area contributed by atoms with E-state index < -0.39 is 18.4 Å². The molecule has 0 radical (unpaired) electrons. The van der Waals surface area contributed by atoms with Crippen LogP contribution >= 0.6 is 34.5 Å². The normalized spacial score (nSPS) is 10.2. The van der Waals surface area contributed by atoms with Crippen LogP contribution < -0.4 is 5.32 Å². The molecule has 0 spiro atoms. The van der Waals surface area contributed by atoms with E-state index in [0.717, 1.165) is 0 Å². The number of hydrogen-bond donors (Lipinski definition) is 1. The van der Waals surface area contributed by atoms with Crippen molar-refractivity contribution in [2.45, 2.75) is 0 Å². The number of carbonyl (C=O) groups is 3. The number of hydrogen-bond acceptors (Lipinski definition) is 5. The van der Waals surface area contributed by atoms with Crippen molar-refractivity contribution in [3.8, 4) is 0 Å². The van der Waals surface area contributed by atoms with Crippen LogP contribution in [0.3, 0.4) is 0 Å². The maximum atomic E-state index is 11.9. The number of amides is 1. The standard InChI is InChI=1S/C15H11Cl2NO4S/c16-10-4-3-9(6-11(10)17)12(19)8-22-14(20)7-18-15(21)13-2-1-5-23-13/h1-6H,7-8H2,(H,18,21). The van der Waals surface area contributed by atoms with Crippen molar-refractivity contribution in [1.29, 1.82) is 0 Å². The average Bonchev–Trinajstić information content (AvgIpc) is 3.07. The quantitative estimate of drug-likeness (QED) is 0.624. The number of thiophene rings is 1. The number of rotatable bonds is 6. The highest BCUT2D eigenvalue weighted by molar-refractivity contribution is 7.12. The second-order valence-electron chi connectivity index (χ2n) is 4.37. The molecule has 0 saturated heterocycles. The van der Waals surface area contributed by atoms with Gasteiger partial charge in [-0.3, -0.25) is 14.4 Å². The Morgan fingerprint density at radius 3 is 2.57 bits per heavy atom. The van der Waals surface area contributed by atoms with Crippen molar-refractivity contribution in [3.63, 3.8) is 0 Å². The van der Waals surface area contributed by atoms with Gasteiger partial charge in [0.25, 0.3) is 5.91 Å². The molecule has 1 heterocycles. The molecule has 2 aromatic rings. The lowest BCUT2D eigenvalue weighted by molar-refractivity contribution is -0.141. The molecule has 0 atom stereocenters. The topological polar surface area (TPSA) is 72.5 Å². The zero-order valence-corrected chi connectivity index (χ0v) is 14.0. The average molecular weight is 372 g/mol. The molecule has 23 heavy (non-hydrogen) atoms. The monoisotopic (exact) mass is 371 g/mol. The molecule has 0 aliphatic rings.